The Balaban J connectivity index is 2.27. The van der Waals surface area contributed by atoms with Gasteiger partial charge < -0.3 is 16.2 Å². The lowest BCUT2D eigenvalue weighted by molar-refractivity contribution is -0.138. The summed E-state index contributed by atoms with van der Waals surface area (Å²) in [5.74, 6) is -1.50. The molecule has 0 bridgehead atoms. The molecule has 108 valence electrons. The van der Waals surface area contributed by atoms with E-state index in [0.29, 0.717) is 12.8 Å². The van der Waals surface area contributed by atoms with Gasteiger partial charge in [0.2, 0.25) is 11.8 Å². The molecule has 1 unspecified atom stereocenters. The molecule has 1 aliphatic rings. The number of rotatable bonds is 6. The number of nitrogens with one attached hydrogen (secondary N) is 1. The van der Waals surface area contributed by atoms with Crippen LogP contribution in [0, 0.1) is 11.8 Å². The average molecular weight is 270 g/mol. The minimum absolute atomic E-state index is 0.00182. The molecule has 0 radical (unpaired) electrons. The molecule has 4 N–H and O–H groups in total. The van der Waals surface area contributed by atoms with E-state index in [1.54, 1.807) is 6.92 Å². The van der Waals surface area contributed by atoms with Gasteiger partial charge in [-0.3, -0.25) is 14.4 Å². The van der Waals surface area contributed by atoms with Gasteiger partial charge in [0.05, 0.1) is 0 Å². The molecule has 1 rings (SSSR count). The second-order valence-corrected chi connectivity index (χ2v) is 5.43. The lowest BCUT2D eigenvalue weighted by atomic mass is 9.85. The number of carboxylic acids is 1. The molecule has 0 spiro atoms. The largest absolute Gasteiger partial charge is 0.481 e. The summed E-state index contributed by atoms with van der Waals surface area (Å²) in [6, 6.07) is 0.0835. The van der Waals surface area contributed by atoms with E-state index >= 15 is 0 Å². The van der Waals surface area contributed by atoms with E-state index < -0.39 is 5.97 Å². The van der Waals surface area contributed by atoms with Gasteiger partial charge in [-0.25, -0.2) is 0 Å². The summed E-state index contributed by atoms with van der Waals surface area (Å²) in [5, 5.41) is 11.5. The van der Waals surface area contributed by atoms with Crippen molar-refractivity contribution in [3.8, 4) is 0 Å². The summed E-state index contributed by atoms with van der Waals surface area (Å²) < 4.78 is 0. The van der Waals surface area contributed by atoms with Crippen LogP contribution >= 0.6 is 0 Å². The topological polar surface area (TPSA) is 109 Å². The zero-order valence-corrected chi connectivity index (χ0v) is 11.2. The van der Waals surface area contributed by atoms with Crippen LogP contribution in [-0.2, 0) is 14.4 Å². The van der Waals surface area contributed by atoms with Crippen molar-refractivity contribution >= 4 is 17.8 Å². The maximum Gasteiger partial charge on any atom is 0.303 e. The number of carbonyl (C=O) groups is 3. The van der Waals surface area contributed by atoms with Crippen molar-refractivity contribution in [2.24, 2.45) is 17.6 Å². The minimum Gasteiger partial charge on any atom is -0.481 e. The first-order chi connectivity index (χ1) is 8.88. The van der Waals surface area contributed by atoms with Crippen LogP contribution < -0.4 is 11.1 Å². The Morgan fingerprint density at radius 3 is 2.26 bits per heavy atom. The fraction of sp³-hybridized carbons (Fsp3) is 0.769. The molecule has 2 amide bonds. The summed E-state index contributed by atoms with van der Waals surface area (Å²) in [6.07, 6.45) is 3.17. The molecule has 0 aromatic carbocycles. The highest BCUT2D eigenvalue weighted by molar-refractivity contribution is 5.78. The lowest BCUT2D eigenvalue weighted by Crippen LogP contribution is -2.40. The molecule has 0 aliphatic heterocycles. The van der Waals surface area contributed by atoms with E-state index in [1.165, 1.54) is 0 Å². The highest BCUT2D eigenvalue weighted by Gasteiger charge is 2.25. The Kier molecular flexibility index (Phi) is 5.79. The second kappa shape index (κ2) is 7.11. The smallest absolute Gasteiger partial charge is 0.303 e. The van der Waals surface area contributed by atoms with Crippen molar-refractivity contribution in [1.29, 1.82) is 0 Å². The molecular formula is C13H22N2O4. The lowest BCUT2D eigenvalue weighted by Gasteiger charge is -2.27. The highest BCUT2D eigenvalue weighted by Crippen LogP contribution is 2.24. The van der Waals surface area contributed by atoms with Gasteiger partial charge in [-0.15, -0.1) is 0 Å². The first kappa shape index (κ1) is 15.5. The molecule has 19 heavy (non-hydrogen) atoms. The maximum absolute atomic E-state index is 11.7. The Hall–Kier alpha value is -1.59. The van der Waals surface area contributed by atoms with Crippen molar-refractivity contribution in [3.63, 3.8) is 0 Å². The molecule has 1 fully saturated rings. The van der Waals surface area contributed by atoms with Crippen LogP contribution in [0.3, 0.4) is 0 Å². The van der Waals surface area contributed by atoms with Crippen molar-refractivity contribution in [2.75, 3.05) is 0 Å². The van der Waals surface area contributed by atoms with Gasteiger partial charge in [0.15, 0.2) is 0 Å². The first-order valence-corrected chi connectivity index (χ1v) is 6.69. The average Bonchev–Trinajstić information content (AvgIpc) is 2.27. The number of carbonyl (C=O) groups excluding carboxylic acids is 2. The van der Waals surface area contributed by atoms with E-state index in [9.17, 15) is 14.4 Å². The van der Waals surface area contributed by atoms with Crippen LogP contribution in [-0.4, -0.2) is 28.9 Å². The van der Waals surface area contributed by atoms with Gasteiger partial charge in [0.25, 0.3) is 0 Å². The summed E-state index contributed by atoms with van der Waals surface area (Å²) >= 11 is 0. The maximum atomic E-state index is 11.7. The Morgan fingerprint density at radius 1 is 1.21 bits per heavy atom. The van der Waals surface area contributed by atoms with Crippen LogP contribution in [0.5, 0.6) is 0 Å². The highest BCUT2D eigenvalue weighted by atomic mass is 16.4. The number of nitrogens with two attached hydrogens (primary N) is 1. The van der Waals surface area contributed by atoms with E-state index in [1.807, 2.05) is 0 Å². The molecule has 0 aromatic rings. The van der Waals surface area contributed by atoms with Gasteiger partial charge in [-0.2, -0.15) is 0 Å². The molecule has 6 heteroatoms. The third-order valence-corrected chi connectivity index (χ3v) is 3.55. The van der Waals surface area contributed by atoms with Crippen LogP contribution in [0.15, 0.2) is 0 Å². The standard InChI is InChI=1S/C13H22N2O4/c1-8(7-12(17)18)6-11(16)15-10-4-2-9(3-5-10)13(14)19/h8-10H,2-7H2,1H3,(H2,14,19)(H,15,16)(H,17,18). The number of hydrogen-bond donors (Lipinski definition) is 3. The Labute approximate surface area is 112 Å². The molecule has 1 saturated carbocycles. The van der Waals surface area contributed by atoms with Crippen molar-refractivity contribution in [2.45, 2.75) is 51.5 Å². The zero-order chi connectivity index (χ0) is 14.4. The van der Waals surface area contributed by atoms with E-state index in [-0.39, 0.29) is 42.5 Å². The van der Waals surface area contributed by atoms with Gasteiger partial charge in [-0.05, 0) is 31.6 Å². The predicted octanol–water partition coefficient (Wildman–Crippen LogP) is 0.648. The Bertz CT molecular complexity index is 349. The summed E-state index contributed by atoms with van der Waals surface area (Å²) in [5.41, 5.74) is 5.24. The molecule has 0 aromatic heterocycles. The third kappa shape index (κ3) is 5.72. The van der Waals surface area contributed by atoms with Gasteiger partial charge in [0, 0.05) is 24.8 Å². The SMILES string of the molecule is CC(CC(=O)O)CC(=O)NC1CCC(C(N)=O)CC1. The quantitative estimate of drug-likeness (QED) is 0.658. The second-order valence-electron chi connectivity index (χ2n) is 5.43. The fourth-order valence-corrected chi connectivity index (χ4v) is 2.50. The van der Waals surface area contributed by atoms with E-state index in [2.05, 4.69) is 5.32 Å². The molecule has 6 nitrogen and oxygen atoms in total. The third-order valence-electron chi connectivity index (χ3n) is 3.55. The van der Waals surface area contributed by atoms with Gasteiger partial charge in [-0.1, -0.05) is 6.92 Å². The Morgan fingerprint density at radius 2 is 1.79 bits per heavy atom. The van der Waals surface area contributed by atoms with Crippen molar-refractivity contribution in [1.82, 2.24) is 5.32 Å². The summed E-state index contributed by atoms with van der Waals surface area (Å²) in [6.45, 7) is 1.75. The first-order valence-electron chi connectivity index (χ1n) is 6.69. The minimum atomic E-state index is -0.887. The molecule has 0 heterocycles. The van der Waals surface area contributed by atoms with Crippen LogP contribution in [0.25, 0.3) is 0 Å². The summed E-state index contributed by atoms with van der Waals surface area (Å²) in [7, 11) is 0. The van der Waals surface area contributed by atoms with Crippen molar-refractivity contribution in [3.05, 3.63) is 0 Å². The predicted molar refractivity (Wildman–Crippen MR) is 69.1 cm³/mol. The molecule has 1 atom stereocenters. The number of amides is 2. The van der Waals surface area contributed by atoms with E-state index in [0.717, 1.165) is 12.8 Å². The summed E-state index contributed by atoms with van der Waals surface area (Å²) in [4.78, 5) is 33.2. The van der Waals surface area contributed by atoms with Crippen LogP contribution in [0.4, 0.5) is 0 Å². The number of hydrogen-bond acceptors (Lipinski definition) is 3. The van der Waals surface area contributed by atoms with Crippen molar-refractivity contribution < 1.29 is 19.5 Å². The fourth-order valence-electron chi connectivity index (χ4n) is 2.50. The van der Waals surface area contributed by atoms with Crippen LogP contribution in [0.1, 0.15) is 45.4 Å². The van der Waals surface area contributed by atoms with E-state index in [4.69, 9.17) is 10.8 Å². The number of primary amides is 1. The van der Waals surface area contributed by atoms with Gasteiger partial charge >= 0.3 is 5.97 Å². The number of carboxylic acid groups (broad SMARTS) is 1. The van der Waals surface area contributed by atoms with Crippen LogP contribution in [0.2, 0.25) is 0 Å². The molecular weight excluding hydrogens is 248 g/mol. The normalized spacial score (nSPS) is 24.5. The molecule has 1 aliphatic carbocycles. The zero-order valence-electron chi connectivity index (χ0n) is 11.2. The van der Waals surface area contributed by atoms with Gasteiger partial charge in [0.1, 0.15) is 0 Å². The number of aliphatic carboxylic acids is 1. The molecule has 0 saturated heterocycles. The monoisotopic (exact) mass is 270 g/mol.